The van der Waals surface area contributed by atoms with E-state index in [1.807, 2.05) is 0 Å². The number of hydrogen-bond acceptors (Lipinski definition) is 12. The summed E-state index contributed by atoms with van der Waals surface area (Å²) in [4.78, 5) is 81.7. The van der Waals surface area contributed by atoms with Gasteiger partial charge in [-0.1, -0.05) is 36.4 Å². The Bertz CT molecular complexity index is 1780. The van der Waals surface area contributed by atoms with Gasteiger partial charge in [0.15, 0.2) is 40.2 Å². The summed E-state index contributed by atoms with van der Waals surface area (Å²) >= 11 is 0. The van der Waals surface area contributed by atoms with Crippen molar-refractivity contribution in [3.8, 4) is 11.8 Å². The second-order valence-corrected chi connectivity index (χ2v) is 11.7. The van der Waals surface area contributed by atoms with E-state index in [1.54, 1.807) is 18.2 Å². The third-order valence-electron chi connectivity index (χ3n) is 9.21. The first-order valence-electron chi connectivity index (χ1n) is 13.5. The fourth-order valence-electron chi connectivity index (χ4n) is 7.21. The molecule has 13 nitrogen and oxygen atoms in total. The highest BCUT2D eigenvalue weighted by Crippen LogP contribution is 2.59. The van der Waals surface area contributed by atoms with Crippen molar-refractivity contribution in [2.24, 2.45) is 34.5 Å². The lowest BCUT2D eigenvalue weighted by atomic mass is 9.41. The van der Waals surface area contributed by atoms with Gasteiger partial charge in [0, 0.05) is 5.56 Å². The van der Waals surface area contributed by atoms with Gasteiger partial charge in [-0.25, -0.2) is 0 Å². The lowest BCUT2D eigenvalue weighted by molar-refractivity contribution is -0.176. The molecule has 226 valence electrons. The quantitative estimate of drug-likeness (QED) is 0.209. The highest BCUT2D eigenvalue weighted by atomic mass is 16.3. The van der Waals surface area contributed by atoms with Crippen LogP contribution in [0, 0.1) is 28.6 Å². The predicted octanol–water partition coefficient (Wildman–Crippen LogP) is -1.02. The fourth-order valence-corrected chi connectivity index (χ4v) is 7.21. The van der Waals surface area contributed by atoms with Crippen molar-refractivity contribution in [2.45, 2.75) is 30.1 Å². The van der Waals surface area contributed by atoms with Crippen LogP contribution in [0.4, 0.5) is 0 Å². The third kappa shape index (κ3) is 3.53. The third-order valence-corrected chi connectivity index (χ3v) is 9.21. The first-order valence-corrected chi connectivity index (χ1v) is 13.5. The van der Waals surface area contributed by atoms with E-state index in [2.05, 4.69) is 0 Å². The second kappa shape index (κ2) is 9.83. The molecule has 3 aliphatic rings. The summed E-state index contributed by atoms with van der Waals surface area (Å²) in [6.45, 7) is 1.38. The number of carbonyl (C=O) groups excluding carboxylic acids is 6. The Kier molecular flexibility index (Phi) is 6.83. The maximum absolute atomic E-state index is 14.6. The van der Waals surface area contributed by atoms with Gasteiger partial charge in [0.1, 0.15) is 17.2 Å². The van der Waals surface area contributed by atoms with E-state index in [0.29, 0.717) is 11.1 Å². The Labute approximate surface area is 250 Å². The first kappa shape index (κ1) is 30.6. The van der Waals surface area contributed by atoms with Crippen LogP contribution in [-0.2, 0) is 19.2 Å². The van der Waals surface area contributed by atoms with Crippen LogP contribution in [0.2, 0.25) is 0 Å². The van der Waals surface area contributed by atoms with Crippen LogP contribution in [0.3, 0.4) is 0 Å². The van der Waals surface area contributed by atoms with Crippen molar-refractivity contribution in [3.05, 3.63) is 64.7 Å². The minimum Gasteiger partial charge on any atom is -0.507 e. The Morgan fingerprint density at radius 3 is 2.16 bits per heavy atom. The van der Waals surface area contributed by atoms with Crippen LogP contribution in [0.25, 0.3) is 11.6 Å². The maximum Gasteiger partial charge on any atom is 0.235 e. The van der Waals surface area contributed by atoms with Crippen molar-refractivity contribution in [2.75, 3.05) is 14.1 Å². The van der Waals surface area contributed by atoms with Crippen LogP contribution in [0.1, 0.15) is 38.8 Å². The van der Waals surface area contributed by atoms with Gasteiger partial charge in [-0.05, 0) is 49.9 Å². The highest BCUT2D eigenvalue weighted by molar-refractivity contribution is 6.35. The number of fused-ring (bicyclic) bond motifs is 3. The van der Waals surface area contributed by atoms with Crippen LogP contribution in [0.15, 0.2) is 42.5 Å². The summed E-state index contributed by atoms with van der Waals surface area (Å²) < 4.78 is 0. The van der Waals surface area contributed by atoms with Crippen molar-refractivity contribution in [1.29, 1.82) is 5.26 Å². The zero-order valence-electron chi connectivity index (χ0n) is 23.9. The van der Waals surface area contributed by atoms with Gasteiger partial charge in [-0.3, -0.25) is 33.7 Å². The highest BCUT2D eigenvalue weighted by Gasteiger charge is 2.82. The molecule has 2 fully saturated rings. The number of aromatic hydroxyl groups is 1. The summed E-state index contributed by atoms with van der Waals surface area (Å²) in [6, 6.07) is 9.89. The Hall–Kier alpha value is -4.87. The second-order valence-electron chi connectivity index (χ2n) is 11.7. The molecule has 7 atom stereocenters. The molecule has 0 heterocycles. The molecule has 5 rings (SSSR count). The number of phenols is 1. The molecular formula is C31H29N5O8. The molecule has 0 aliphatic heterocycles. The summed E-state index contributed by atoms with van der Waals surface area (Å²) in [6.07, 6.45) is -0.904. The van der Waals surface area contributed by atoms with Crippen molar-refractivity contribution in [1.82, 2.24) is 4.90 Å². The van der Waals surface area contributed by atoms with Crippen LogP contribution in [0.5, 0.6) is 5.75 Å². The summed E-state index contributed by atoms with van der Waals surface area (Å²) in [5, 5.41) is 33.6. The minimum atomic E-state index is -3.13. The van der Waals surface area contributed by atoms with Crippen LogP contribution in [-0.4, -0.2) is 87.3 Å². The molecule has 2 aromatic carbocycles. The number of phenolic OH excluding ortho intramolecular Hbond substituents is 1. The Balaban J connectivity index is 1.90. The number of nitrogens with zero attached hydrogens (tertiary/aromatic N) is 2. The van der Waals surface area contributed by atoms with Gasteiger partial charge >= 0.3 is 0 Å². The molecule has 13 heteroatoms. The zero-order chi connectivity index (χ0) is 32.7. The minimum absolute atomic E-state index is 0.0224. The Morgan fingerprint density at radius 2 is 1.64 bits per heavy atom. The summed E-state index contributed by atoms with van der Waals surface area (Å²) in [5.74, 6) is -11.9. The number of rotatable bonds is 4. The number of nitrogens with two attached hydrogens (primary N) is 3. The molecule has 0 saturated heterocycles. The number of amides is 1. The van der Waals surface area contributed by atoms with Crippen molar-refractivity contribution < 1.29 is 39.0 Å². The molecule has 1 amide bonds. The number of likely N-dealkylation sites (N-methyl/N-ethyl adjacent to an activating group) is 1. The molecule has 3 aliphatic carbocycles. The van der Waals surface area contributed by atoms with E-state index in [-0.39, 0.29) is 22.5 Å². The summed E-state index contributed by atoms with van der Waals surface area (Å²) in [5.41, 5.74) is 11.1. The maximum atomic E-state index is 14.6. The standard InChI is InChI=1S/C31H29N5O8/c1-13(37)15-9-7-14(8-10-15)11-17-16-5-4-6-18(38)19(16)22(39)21-26(42)29(12-32)25(41)20(27(33)43)23(40)24(36(2)3)31(29,35)28(44)30(17,21)34/h4-11,20-21,24,28,38,44H,34-35H2,1-3H3,(H2,33,43)/t20?,21?,24-,28+,29+,30+,31+/m1/s1. The molecule has 44 heavy (non-hydrogen) atoms. The first-order chi connectivity index (χ1) is 20.5. The van der Waals surface area contributed by atoms with Gasteiger partial charge in [0.05, 0.1) is 29.3 Å². The van der Waals surface area contributed by atoms with E-state index in [4.69, 9.17) is 17.2 Å². The van der Waals surface area contributed by atoms with Crippen molar-refractivity contribution >= 4 is 46.5 Å². The molecule has 2 unspecified atom stereocenters. The Morgan fingerprint density at radius 1 is 1.02 bits per heavy atom. The fraction of sp³-hybridized carbons (Fsp3) is 0.323. The number of hydrogen-bond donors (Lipinski definition) is 5. The number of carbonyl (C=O) groups is 6. The topological polar surface area (TPSA) is 248 Å². The molecule has 0 radical (unpaired) electrons. The zero-order valence-corrected chi connectivity index (χ0v) is 23.9. The van der Waals surface area contributed by atoms with Gasteiger partial charge < -0.3 is 27.4 Å². The summed E-state index contributed by atoms with van der Waals surface area (Å²) in [7, 11) is 2.65. The number of ketones is 5. The number of primary amides is 1. The predicted molar refractivity (Wildman–Crippen MR) is 153 cm³/mol. The number of aliphatic hydroxyl groups is 1. The number of Topliss-reactive ketones (excluding diaryl/α,β-unsaturated/α-hetero) is 5. The lowest BCUT2D eigenvalue weighted by Crippen LogP contribution is -2.91. The van der Waals surface area contributed by atoms with E-state index in [1.165, 1.54) is 57.4 Å². The molecule has 2 aromatic rings. The van der Waals surface area contributed by atoms with Gasteiger partial charge in [0.2, 0.25) is 5.91 Å². The van der Waals surface area contributed by atoms with E-state index >= 15 is 0 Å². The normalized spacial score (nSPS) is 33.8. The average Bonchev–Trinajstić information content (AvgIpc) is 2.94. The average molecular weight is 600 g/mol. The van der Waals surface area contributed by atoms with Gasteiger partial charge in [0.25, 0.3) is 0 Å². The van der Waals surface area contributed by atoms with Crippen LogP contribution < -0.4 is 17.2 Å². The largest absolute Gasteiger partial charge is 0.507 e. The van der Waals surface area contributed by atoms with Crippen molar-refractivity contribution in [3.63, 3.8) is 0 Å². The molecular weight excluding hydrogens is 570 g/mol. The smallest absolute Gasteiger partial charge is 0.235 e. The number of aliphatic hydroxyl groups excluding tert-OH is 1. The number of nitriles is 1. The van der Waals surface area contributed by atoms with E-state index in [9.17, 15) is 44.2 Å². The monoisotopic (exact) mass is 599 g/mol. The molecule has 0 aromatic heterocycles. The van der Waals surface area contributed by atoms with Crippen LogP contribution >= 0.6 is 0 Å². The molecule has 8 N–H and O–H groups in total. The van der Waals surface area contributed by atoms with Gasteiger partial charge in [-0.2, -0.15) is 5.26 Å². The lowest BCUT2D eigenvalue weighted by Gasteiger charge is -2.63. The molecule has 0 spiro atoms. The van der Waals surface area contributed by atoms with E-state index in [0.717, 1.165) is 4.90 Å². The SMILES string of the molecule is CC(=O)c1ccc(C=C2c3cccc(O)c3C(=O)C3C(=O)[C@]4(C#N)C(=O)C(C(N)=O)C(=O)[C@@H](N(C)C)[C@]4(N)[C@@H](O)[C@]23N)cc1. The molecule has 0 bridgehead atoms. The molecule has 2 saturated carbocycles. The van der Waals surface area contributed by atoms with Gasteiger partial charge in [-0.15, -0.1) is 0 Å². The number of benzene rings is 2. The van der Waals surface area contributed by atoms with E-state index < -0.39 is 75.3 Å².